The van der Waals surface area contributed by atoms with Crippen molar-refractivity contribution >= 4 is 33.6 Å². The molecule has 6 heteroatoms. The van der Waals surface area contributed by atoms with Gasteiger partial charge in [0, 0.05) is 16.7 Å². The number of hydrogen-bond donors (Lipinski definition) is 2. The third-order valence-corrected chi connectivity index (χ3v) is 3.65. The van der Waals surface area contributed by atoms with Crippen molar-refractivity contribution in [1.29, 1.82) is 0 Å². The number of rotatable bonds is 5. The van der Waals surface area contributed by atoms with E-state index in [9.17, 15) is 9.59 Å². The Hall–Kier alpha value is -2.34. The molecule has 0 atom stereocenters. The number of nitrogens with one attached hydrogen (secondary N) is 2. The SMILES string of the molecule is COC(=O)c1ccc(NC(=O)NCCc2cccc(Br)c2)cc1. The number of amides is 2. The van der Waals surface area contributed by atoms with Gasteiger partial charge in [-0.1, -0.05) is 28.1 Å². The van der Waals surface area contributed by atoms with Crippen molar-refractivity contribution in [3.63, 3.8) is 0 Å². The standard InChI is InChI=1S/C17H17BrN2O3/c1-23-16(21)13-5-7-15(8-6-13)20-17(22)19-10-9-12-3-2-4-14(18)11-12/h2-8,11H,9-10H2,1H3,(H2,19,20,22). The van der Waals surface area contributed by atoms with Gasteiger partial charge >= 0.3 is 12.0 Å². The molecule has 2 aromatic rings. The molecule has 2 amide bonds. The average Bonchev–Trinajstić information content (AvgIpc) is 2.55. The predicted octanol–water partition coefficient (Wildman–Crippen LogP) is 3.60. The van der Waals surface area contributed by atoms with E-state index in [0.717, 1.165) is 16.5 Å². The molecule has 0 radical (unpaired) electrons. The first-order valence-corrected chi connectivity index (χ1v) is 7.85. The number of methoxy groups -OCH3 is 1. The largest absolute Gasteiger partial charge is 0.465 e. The maximum Gasteiger partial charge on any atom is 0.337 e. The minimum absolute atomic E-state index is 0.286. The molecule has 2 rings (SSSR count). The lowest BCUT2D eigenvalue weighted by molar-refractivity contribution is 0.0601. The lowest BCUT2D eigenvalue weighted by Crippen LogP contribution is -2.30. The Balaban J connectivity index is 1.79. The molecule has 0 aliphatic rings. The predicted molar refractivity (Wildman–Crippen MR) is 92.6 cm³/mol. The van der Waals surface area contributed by atoms with E-state index in [1.165, 1.54) is 7.11 Å². The van der Waals surface area contributed by atoms with Crippen molar-refractivity contribution in [1.82, 2.24) is 5.32 Å². The molecular formula is C17H17BrN2O3. The molecule has 0 aliphatic heterocycles. The highest BCUT2D eigenvalue weighted by Crippen LogP contribution is 2.12. The van der Waals surface area contributed by atoms with E-state index in [4.69, 9.17) is 0 Å². The summed E-state index contributed by atoms with van der Waals surface area (Å²) in [5, 5.41) is 5.50. The smallest absolute Gasteiger partial charge is 0.337 e. The van der Waals surface area contributed by atoms with Crippen molar-refractivity contribution in [2.24, 2.45) is 0 Å². The summed E-state index contributed by atoms with van der Waals surface area (Å²) < 4.78 is 5.64. The first-order valence-electron chi connectivity index (χ1n) is 7.06. The van der Waals surface area contributed by atoms with Crippen molar-refractivity contribution in [3.8, 4) is 0 Å². The number of ether oxygens (including phenoxy) is 1. The van der Waals surface area contributed by atoms with Gasteiger partial charge in [0.2, 0.25) is 0 Å². The zero-order valence-electron chi connectivity index (χ0n) is 12.6. The van der Waals surface area contributed by atoms with Crippen LogP contribution in [-0.2, 0) is 11.2 Å². The molecule has 2 N–H and O–H groups in total. The molecule has 23 heavy (non-hydrogen) atoms. The Morgan fingerprint density at radius 2 is 1.87 bits per heavy atom. The van der Waals surface area contributed by atoms with Crippen molar-refractivity contribution in [2.45, 2.75) is 6.42 Å². The summed E-state index contributed by atoms with van der Waals surface area (Å²) in [6.07, 6.45) is 0.744. The van der Waals surface area contributed by atoms with Crippen LogP contribution in [0.25, 0.3) is 0 Å². The van der Waals surface area contributed by atoms with Crippen LogP contribution >= 0.6 is 15.9 Å². The molecule has 120 valence electrons. The number of benzene rings is 2. The number of hydrogen-bond acceptors (Lipinski definition) is 3. The van der Waals surface area contributed by atoms with E-state index in [2.05, 4.69) is 31.3 Å². The number of esters is 1. The van der Waals surface area contributed by atoms with Gasteiger partial charge in [-0.15, -0.1) is 0 Å². The third kappa shape index (κ3) is 5.41. The summed E-state index contributed by atoms with van der Waals surface area (Å²) in [6.45, 7) is 0.530. The maximum absolute atomic E-state index is 11.8. The van der Waals surface area contributed by atoms with Gasteiger partial charge in [0.05, 0.1) is 12.7 Å². The Morgan fingerprint density at radius 3 is 2.52 bits per heavy atom. The molecule has 2 aromatic carbocycles. The summed E-state index contributed by atoms with van der Waals surface area (Å²) in [5.74, 6) is -0.407. The van der Waals surface area contributed by atoms with Crippen molar-refractivity contribution in [3.05, 3.63) is 64.1 Å². The lowest BCUT2D eigenvalue weighted by Gasteiger charge is -2.08. The Morgan fingerprint density at radius 1 is 1.13 bits per heavy atom. The van der Waals surface area contributed by atoms with E-state index in [1.807, 2.05) is 24.3 Å². The molecule has 0 spiro atoms. The van der Waals surface area contributed by atoms with Gasteiger partial charge in [0.1, 0.15) is 0 Å². The normalized spacial score (nSPS) is 10.0. The molecule has 0 saturated carbocycles. The molecule has 5 nitrogen and oxygen atoms in total. The lowest BCUT2D eigenvalue weighted by atomic mass is 10.1. The molecule has 0 fully saturated rings. The van der Waals surface area contributed by atoms with Crippen LogP contribution in [0.1, 0.15) is 15.9 Å². The summed E-state index contributed by atoms with van der Waals surface area (Å²) in [7, 11) is 1.33. The molecule has 0 bridgehead atoms. The van der Waals surface area contributed by atoms with Crippen LogP contribution in [0.5, 0.6) is 0 Å². The summed E-state index contributed by atoms with van der Waals surface area (Å²) in [6, 6.07) is 14.2. The fourth-order valence-electron chi connectivity index (χ4n) is 2.00. The van der Waals surface area contributed by atoms with Gasteiger partial charge in [-0.2, -0.15) is 0 Å². The fraction of sp³-hybridized carbons (Fsp3) is 0.176. The van der Waals surface area contributed by atoms with Crippen molar-refractivity contribution in [2.75, 3.05) is 19.0 Å². The van der Waals surface area contributed by atoms with Gasteiger partial charge in [-0.3, -0.25) is 0 Å². The monoisotopic (exact) mass is 376 g/mol. The van der Waals surface area contributed by atoms with Gasteiger partial charge < -0.3 is 15.4 Å². The van der Waals surface area contributed by atoms with Gasteiger partial charge in [-0.05, 0) is 48.4 Å². The van der Waals surface area contributed by atoms with Crippen LogP contribution in [0, 0.1) is 0 Å². The molecule has 0 saturated heterocycles. The van der Waals surface area contributed by atoms with E-state index >= 15 is 0 Å². The number of halogens is 1. The number of carbonyl (C=O) groups excluding carboxylic acids is 2. The van der Waals surface area contributed by atoms with Crippen LogP contribution in [0.4, 0.5) is 10.5 Å². The quantitative estimate of drug-likeness (QED) is 0.783. The van der Waals surface area contributed by atoms with Crippen molar-refractivity contribution < 1.29 is 14.3 Å². The summed E-state index contributed by atoms with van der Waals surface area (Å²) >= 11 is 3.42. The number of carbonyl (C=O) groups is 2. The molecule has 0 unspecified atom stereocenters. The van der Waals surface area contributed by atoms with E-state index < -0.39 is 5.97 Å². The second-order valence-electron chi connectivity index (χ2n) is 4.83. The highest BCUT2D eigenvalue weighted by molar-refractivity contribution is 9.10. The fourth-order valence-corrected chi connectivity index (χ4v) is 2.44. The number of anilines is 1. The number of urea groups is 1. The van der Waals surface area contributed by atoms with Crippen LogP contribution in [-0.4, -0.2) is 25.7 Å². The highest BCUT2D eigenvalue weighted by Gasteiger charge is 2.06. The van der Waals surface area contributed by atoms with Crippen LogP contribution in [0.3, 0.4) is 0 Å². The van der Waals surface area contributed by atoms with Crippen LogP contribution < -0.4 is 10.6 Å². The van der Waals surface area contributed by atoms with Gasteiger partial charge in [-0.25, -0.2) is 9.59 Å². The van der Waals surface area contributed by atoms with Crippen LogP contribution in [0.15, 0.2) is 53.0 Å². The second kappa shape index (κ2) is 8.33. The van der Waals surface area contributed by atoms with Gasteiger partial charge in [0.25, 0.3) is 0 Å². The third-order valence-electron chi connectivity index (χ3n) is 3.15. The summed E-state index contributed by atoms with van der Waals surface area (Å²) in [5.41, 5.74) is 2.19. The zero-order chi connectivity index (χ0) is 16.7. The van der Waals surface area contributed by atoms with Gasteiger partial charge in [0.15, 0.2) is 0 Å². The molecule has 0 heterocycles. The zero-order valence-corrected chi connectivity index (χ0v) is 14.2. The Bertz CT molecular complexity index is 686. The van der Waals surface area contributed by atoms with E-state index in [0.29, 0.717) is 17.8 Å². The van der Waals surface area contributed by atoms with E-state index in [-0.39, 0.29) is 6.03 Å². The molecular weight excluding hydrogens is 360 g/mol. The topological polar surface area (TPSA) is 67.4 Å². The Kier molecular flexibility index (Phi) is 6.17. The highest BCUT2D eigenvalue weighted by atomic mass is 79.9. The molecule has 0 aliphatic carbocycles. The minimum Gasteiger partial charge on any atom is -0.465 e. The second-order valence-corrected chi connectivity index (χ2v) is 5.75. The average molecular weight is 377 g/mol. The molecule has 0 aromatic heterocycles. The maximum atomic E-state index is 11.8. The van der Waals surface area contributed by atoms with Crippen LogP contribution in [0.2, 0.25) is 0 Å². The van der Waals surface area contributed by atoms with E-state index in [1.54, 1.807) is 24.3 Å². The first kappa shape index (κ1) is 17.0. The minimum atomic E-state index is -0.407. The summed E-state index contributed by atoms with van der Waals surface area (Å²) in [4.78, 5) is 23.1. The Labute approximate surface area is 143 Å². The first-order chi connectivity index (χ1) is 11.1.